The van der Waals surface area contributed by atoms with Gasteiger partial charge in [0, 0.05) is 23.7 Å². The Morgan fingerprint density at radius 1 is 1.35 bits per heavy atom. The molecular weight excluding hydrogens is 228 g/mol. The lowest BCUT2D eigenvalue weighted by molar-refractivity contribution is 0.336. The van der Waals surface area contributed by atoms with E-state index in [1.807, 2.05) is 0 Å². The quantitative estimate of drug-likeness (QED) is 0.822. The van der Waals surface area contributed by atoms with Gasteiger partial charge < -0.3 is 5.32 Å². The molecule has 0 aliphatic heterocycles. The molecule has 0 radical (unpaired) electrons. The van der Waals surface area contributed by atoms with E-state index < -0.39 is 0 Å². The van der Waals surface area contributed by atoms with Gasteiger partial charge in [-0.3, -0.25) is 0 Å². The summed E-state index contributed by atoms with van der Waals surface area (Å²) in [6.45, 7) is 5.35. The van der Waals surface area contributed by atoms with E-state index in [2.05, 4.69) is 29.5 Å². The lowest BCUT2D eigenvalue weighted by Crippen LogP contribution is -2.32. The van der Waals surface area contributed by atoms with Gasteiger partial charge in [0.25, 0.3) is 0 Å². The van der Waals surface area contributed by atoms with Gasteiger partial charge in [0.05, 0.1) is 0 Å². The molecule has 2 nitrogen and oxygen atoms in total. The number of rotatable bonds is 4. The maximum absolute atomic E-state index is 4.50. The molecule has 17 heavy (non-hydrogen) atoms. The number of nitrogens with one attached hydrogen (secondary N) is 1. The lowest BCUT2D eigenvalue weighted by Gasteiger charge is -2.23. The number of hydrogen-bond acceptors (Lipinski definition) is 3. The minimum absolute atomic E-state index is 0.636. The molecule has 1 atom stereocenters. The van der Waals surface area contributed by atoms with Crippen LogP contribution in [0, 0.1) is 12.8 Å². The molecule has 1 aromatic heterocycles. The molecule has 0 spiro atoms. The van der Waals surface area contributed by atoms with Crippen molar-refractivity contribution in [1.82, 2.24) is 10.3 Å². The zero-order chi connectivity index (χ0) is 12.1. The molecule has 1 fully saturated rings. The minimum atomic E-state index is 0.636. The molecule has 1 heterocycles. The van der Waals surface area contributed by atoms with Crippen LogP contribution in [0.3, 0.4) is 0 Å². The first kappa shape index (κ1) is 13.0. The summed E-state index contributed by atoms with van der Waals surface area (Å²) in [5.41, 5.74) is 1.15. The topological polar surface area (TPSA) is 24.9 Å². The monoisotopic (exact) mass is 252 g/mol. The maximum Gasteiger partial charge on any atom is 0.107 e. The Bertz CT molecular complexity index is 327. The fourth-order valence-corrected chi connectivity index (χ4v) is 3.43. The largest absolute Gasteiger partial charge is 0.308 e. The van der Waals surface area contributed by atoms with E-state index in [0.29, 0.717) is 6.04 Å². The van der Waals surface area contributed by atoms with E-state index in [1.54, 1.807) is 11.3 Å². The number of hydrogen-bond donors (Lipinski definition) is 1. The van der Waals surface area contributed by atoms with E-state index in [4.69, 9.17) is 0 Å². The third kappa shape index (κ3) is 4.07. The predicted octanol–water partition coefficient (Wildman–Crippen LogP) is 3.90. The second-order valence-electron chi connectivity index (χ2n) is 5.30. The van der Waals surface area contributed by atoms with Crippen LogP contribution in [0.4, 0.5) is 0 Å². The van der Waals surface area contributed by atoms with E-state index in [9.17, 15) is 0 Å². The smallest absolute Gasteiger partial charge is 0.107 e. The third-order valence-corrected chi connectivity index (χ3v) is 4.82. The van der Waals surface area contributed by atoms with Crippen LogP contribution < -0.4 is 5.32 Å². The standard InChI is InChI=1S/C14H24N2S/c1-11-10-17-14(16-11)9-15-12(2)13-7-5-3-4-6-8-13/h10,12-13,15H,3-9H2,1-2H3/t12-/m1/s1. The van der Waals surface area contributed by atoms with Crippen LogP contribution in [-0.2, 0) is 6.54 Å². The van der Waals surface area contributed by atoms with Crippen molar-refractivity contribution in [3.8, 4) is 0 Å². The van der Waals surface area contributed by atoms with Gasteiger partial charge in [-0.2, -0.15) is 0 Å². The summed E-state index contributed by atoms with van der Waals surface area (Å²) in [5.74, 6) is 0.874. The van der Waals surface area contributed by atoms with E-state index in [1.165, 1.54) is 43.5 Å². The van der Waals surface area contributed by atoms with Crippen molar-refractivity contribution in [2.75, 3.05) is 0 Å². The van der Waals surface area contributed by atoms with Crippen molar-refractivity contribution in [1.29, 1.82) is 0 Å². The van der Waals surface area contributed by atoms with E-state index in [-0.39, 0.29) is 0 Å². The number of nitrogens with zero attached hydrogens (tertiary/aromatic N) is 1. The molecule has 1 aliphatic carbocycles. The number of aryl methyl sites for hydroxylation is 1. The van der Waals surface area contributed by atoms with Gasteiger partial charge in [0.2, 0.25) is 0 Å². The highest BCUT2D eigenvalue weighted by atomic mass is 32.1. The summed E-state index contributed by atoms with van der Waals surface area (Å²) in [6.07, 6.45) is 8.54. The van der Waals surface area contributed by atoms with Crippen molar-refractivity contribution in [2.24, 2.45) is 5.92 Å². The zero-order valence-electron chi connectivity index (χ0n) is 11.0. The molecule has 1 aliphatic rings. The summed E-state index contributed by atoms with van der Waals surface area (Å²) in [5, 5.41) is 7.01. The molecular formula is C14H24N2S. The highest BCUT2D eigenvalue weighted by Gasteiger charge is 2.18. The van der Waals surface area contributed by atoms with Gasteiger partial charge in [-0.05, 0) is 32.6 Å². The van der Waals surface area contributed by atoms with E-state index >= 15 is 0 Å². The fraction of sp³-hybridized carbons (Fsp3) is 0.786. The Hall–Kier alpha value is -0.410. The van der Waals surface area contributed by atoms with Gasteiger partial charge in [-0.25, -0.2) is 4.98 Å². The Labute approximate surface area is 109 Å². The minimum Gasteiger partial charge on any atom is -0.308 e. The van der Waals surface area contributed by atoms with Crippen molar-refractivity contribution >= 4 is 11.3 Å². The number of aromatic nitrogens is 1. The highest BCUT2D eigenvalue weighted by molar-refractivity contribution is 7.09. The van der Waals surface area contributed by atoms with Gasteiger partial charge >= 0.3 is 0 Å². The maximum atomic E-state index is 4.50. The molecule has 0 unspecified atom stereocenters. The second-order valence-corrected chi connectivity index (χ2v) is 6.25. The van der Waals surface area contributed by atoms with Gasteiger partial charge in [0.1, 0.15) is 5.01 Å². The molecule has 0 bridgehead atoms. The van der Waals surface area contributed by atoms with Crippen molar-refractivity contribution in [3.63, 3.8) is 0 Å². The van der Waals surface area contributed by atoms with Crippen LogP contribution in [0.1, 0.15) is 56.2 Å². The van der Waals surface area contributed by atoms with Gasteiger partial charge in [-0.15, -0.1) is 11.3 Å². The molecule has 3 heteroatoms. The highest BCUT2D eigenvalue weighted by Crippen LogP contribution is 2.25. The summed E-state index contributed by atoms with van der Waals surface area (Å²) in [7, 11) is 0. The molecule has 2 rings (SSSR count). The van der Waals surface area contributed by atoms with E-state index in [0.717, 1.165) is 18.2 Å². The van der Waals surface area contributed by atoms with Crippen molar-refractivity contribution in [3.05, 3.63) is 16.1 Å². The van der Waals surface area contributed by atoms with Crippen LogP contribution in [0.5, 0.6) is 0 Å². The van der Waals surface area contributed by atoms with Crippen LogP contribution in [0.2, 0.25) is 0 Å². The molecule has 1 N–H and O–H groups in total. The van der Waals surface area contributed by atoms with Crippen LogP contribution in [0.25, 0.3) is 0 Å². The van der Waals surface area contributed by atoms with Crippen LogP contribution >= 0.6 is 11.3 Å². The Balaban J connectivity index is 1.77. The van der Waals surface area contributed by atoms with Gasteiger partial charge in [-0.1, -0.05) is 25.7 Å². The molecule has 0 aromatic carbocycles. The zero-order valence-corrected chi connectivity index (χ0v) is 11.9. The first-order valence-electron chi connectivity index (χ1n) is 6.90. The molecule has 96 valence electrons. The summed E-state index contributed by atoms with van der Waals surface area (Å²) < 4.78 is 0. The fourth-order valence-electron chi connectivity index (χ4n) is 2.71. The average Bonchev–Trinajstić information content (AvgIpc) is 2.58. The summed E-state index contributed by atoms with van der Waals surface area (Å²) in [6, 6.07) is 0.636. The van der Waals surface area contributed by atoms with Crippen molar-refractivity contribution in [2.45, 2.75) is 65.0 Å². The summed E-state index contributed by atoms with van der Waals surface area (Å²) in [4.78, 5) is 4.50. The second kappa shape index (κ2) is 6.50. The first-order chi connectivity index (χ1) is 8.25. The Morgan fingerprint density at radius 2 is 2.06 bits per heavy atom. The third-order valence-electron chi connectivity index (χ3n) is 3.85. The molecule has 1 aromatic rings. The Morgan fingerprint density at radius 3 is 2.65 bits per heavy atom. The SMILES string of the molecule is Cc1csc(CN[C@H](C)C2CCCCCC2)n1. The van der Waals surface area contributed by atoms with Crippen LogP contribution in [0.15, 0.2) is 5.38 Å². The number of thiazole rings is 1. The van der Waals surface area contributed by atoms with Crippen molar-refractivity contribution < 1.29 is 0 Å². The lowest BCUT2D eigenvalue weighted by atomic mass is 9.93. The predicted molar refractivity (Wildman–Crippen MR) is 74.3 cm³/mol. The summed E-state index contributed by atoms with van der Waals surface area (Å²) >= 11 is 1.77. The van der Waals surface area contributed by atoms with Gasteiger partial charge in [0.15, 0.2) is 0 Å². The average molecular weight is 252 g/mol. The molecule has 0 amide bonds. The molecule has 1 saturated carbocycles. The molecule has 0 saturated heterocycles. The van der Waals surface area contributed by atoms with Crippen LogP contribution in [-0.4, -0.2) is 11.0 Å². The Kier molecular flexibility index (Phi) is 4.99. The normalized spacial score (nSPS) is 20.1. The first-order valence-corrected chi connectivity index (χ1v) is 7.78.